The second-order valence-electron chi connectivity index (χ2n) is 5.84. The van der Waals surface area contributed by atoms with Crippen LogP contribution in [0.25, 0.3) is 0 Å². The van der Waals surface area contributed by atoms with Crippen LogP contribution >= 0.6 is 0 Å². The molecular weight excluding hydrogens is 268 g/mol. The monoisotopic (exact) mass is 292 g/mol. The van der Waals surface area contributed by atoms with Crippen molar-refractivity contribution in [3.8, 4) is 5.75 Å². The van der Waals surface area contributed by atoms with Gasteiger partial charge in [-0.2, -0.15) is 0 Å². The SMILES string of the molecule is COc1ccc(N(C)CCC2CCCC2(N)C(=O)O)cc1. The lowest BCUT2D eigenvalue weighted by Crippen LogP contribution is -2.51. The van der Waals surface area contributed by atoms with E-state index in [1.165, 1.54) is 0 Å². The van der Waals surface area contributed by atoms with E-state index in [9.17, 15) is 9.90 Å². The van der Waals surface area contributed by atoms with Crippen molar-refractivity contribution in [2.24, 2.45) is 11.7 Å². The lowest BCUT2D eigenvalue weighted by molar-refractivity contribution is -0.144. The maximum absolute atomic E-state index is 11.4. The highest BCUT2D eigenvalue weighted by molar-refractivity contribution is 5.79. The number of rotatable bonds is 6. The van der Waals surface area contributed by atoms with E-state index in [1.807, 2.05) is 31.3 Å². The summed E-state index contributed by atoms with van der Waals surface area (Å²) in [7, 11) is 3.65. The van der Waals surface area contributed by atoms with Crippen molar-refractivity contribution in [1.29, 1.82) is 0 Å². The van der Waals surface area contributed by atoms with E-state index in [0.29, 0.717) is 6.42 Å². The largest absolute Gasteiger partial charge is 0.497 e. The molecule has 2 atom stereocenters. The third-order valence-electron chi connectivity index (χ3n) is 4.60. The third-order valence-corrected chi connectivity index (χ3v) is 4.60. The van der Waals surface area contributed by atoms with E-state index >= 15 is 0 Å². The number of aliphatic carboxylic acids is 1. The summed E-state index contributed by atoms with van der Waals surface area (Å²) in [6.07, 6.45) is 3.18. The van der Waals surface area contributed by atoms with Gasteiger partial charge >= 0.3 is 5.97 Å². The van der Waals surface area contributed by atoms with E-state index in [2.05, 4.69) is 4.90 Å². The summed E-state index contributed by atoms with van der Waals surface area (Å²) in [5.74, 6) is 0.0163. The molecule has 0 saturated heterocycles. The first-order valence-corrected chi connectivity index (χ1v) is 7.35. The van der Waals surface area contributed by atoms with Gasteiger partial charge in [-0.1, -0.05) is 6.42 Å². The molecule has 2 unspecified atom stereocenters. The van der Waals surface area contributed by atoms with Crippen LogP contribution in [0.5, 0.6) is 5.75 Å². The van der Waals surface area contributed by atoms with E-state index in [1.54, 1.807) is 7.11 Å². The van der Waals surface area contributed by atoms with Crippen LogP contribution in [0.15, 0.2) is 24.3 Å². The molecule has 5 heteroatoms. The van der Waals surface area contributed by atoms with E-state index in [4.69, 9.17) is 10.5 Å². The Hall–Kier alpha value is -1.75. The van der Waals surface area contributed by atoms with Crippen molar-refractivity contribution in [2.45, 2.75) is 31.2 Å². The molecular formula is C16H24N2O3. The summed E-state index contributed by atoms with van der Waals surface area (Å²) in [5.41, 5.74) is 6.12. The zero-order valence-corrected chi connectivity index (χ0v) is 12.7. The summed E-state index contributed by atoms with van der Waals surface area (Å²) >= 11 is 0. The Morgan fingerprint density at radius 2 is 2.14 bits per heavy atom. The Morgan fingerprint density at radius 1 is 1.48 bits per heavy atom. The molecule has 1 aromatic rings. The van der Waals surface area contributed by atoms with Gasteiger partial charge in [0.15, 0.2) is 0 Å². The maximum atomic E-state index is 11.4. The van der Waals surface area contributed by atoms with Crippen LogP contribution in [-0.4, -0.2) is 37.3 Å². The van der Waals surface area contributed by atoms with Crippen LogP contribution in [0.1, 0.15) is 25.7 Å². The van der Waals surface area contributed by atoms with Gasteiger partial charge in [0.25, 0.3) is 0 Å². The first-order chi connectivity index (χ1) is 9.97. The highest BCUT2D eigenvalue weighted by Gasteiger charge is 2.45. The standard InChI is InChI=1S/C16H24N2O3/c1-18(13-5-7-14(21-2)8-6-13)11-9-12-4-3-10-16(12,17)15(19)20/h5-8,12H,3-4,9-11,17H2,1-2H3,(H,19,20). The number of anilines is 1. The second-order valence-corrected chi connectivity index (χ2v) is 5.84. The normalized spacial score (nSPS) is 24.8. The van der Waals surface area contributed by atoms with E-state index in [0.717, 1.165) is 37.2 Å². The molecule has 1 aromatic carbocycles. The number of hydrogen-bond acceptors (Lipinski definition) is 4. The van der Waals surface area contributed by atoms with Crippen LogP contribution in [-0.2, 0) is 4.79 Å². The van der Waals surface area contributed by atoms with E-state index in [-0.39, 0.29) is 5.92 Å². The molecule has 0 radical (unpaired) electrons. The molecule has 1 fully saturated rings. The summed E-state index contributed by atoms with van der Waals surface area (Å²) < 4.78 is 5.14. The number of carboxylic acid groups (broad SMARTS) is 1. The molecule has 2 rings (SSSR count). The fourth-order valence-corrected chi connectivity index (χ4v) is 3.10. The summed E-state index contributed by atoms with van der Waals surface area (Å²) in [6.45, 7) is 0.795. The molecule has 1 saturated carbocycles. The maximum Gasteiger partial charge on any atom is 0.323 e. The molecule has 1 aliphatic rings. The Bertz CT molecular complexity index is 489. The minimum absolute atomic E-state index is 0.0516. The van der Waals surface area contributed by atoms with Crippen molar-refractivity contribution in [3.63, 3.8) is 0 Å². The van der Waals surface area contributed by atoms with Crippen molar-refractivity contribution in [3.05, 3.63) is 24.3 Å². The zero-order chi connectivity index (χ0) is 15.5. The Labute approximate surface area is 125 Å². The molecule has 0 amide bonds. The first-order valence-electron chi connectivity index (χ1n) is 7.35. The molecule has 5 nitrogen and oxygen atoms in total. The number of hydrogen-bond donors (Lipinski definition) is 2. The van der Waals surface area contributed by atoms with Crippen LogP contribution in [0.3, 0.4) is 0 Å². The van der Waals surface area contributed by atoms with Crippen LogP contribution < -0.4 is 15.4 Å². The van der Waals surface area contributed by atoms with Gasteiger partial charge in [-0.15, -0.1) is 0 Å². The predicted octanol–water partition coefficient (Wildman–Crippen LogP) is 2.10. The summed E-state index contributed by atoms with van der Waals surface area (Å²) in [4.78, 5) is 13.5. The van der Waals surface area contributed by atoms with Gasteiger partial charge in [0.1, 0.15) is 11.3 Å². The van der Waals surface area contributed by atoms with Gasteiger partial charge < -0.3 is 20.5 Å². The second kappa shape index (κ2) is 6.35. The fraction of sp³-hybridized carbons (Fsp3) is 0.562. The molecule has 0 bridgehead atoms. The Kier molecular flexibility index (Phi) is 4.73. The minimum Gasteiger partial charge on any atom is -0.497 e. The van der Waals surface area contributed by atoms with Gasteiger partial charge in [-0.25, -0.2) is 0 Å². The predicted molar refractivity (Wildman–Crippen MR) is 82.8 cm³/mol. The average Bonchev–Trinajstić information content (AvgIpc) is 2.87. The fourth-order valence-electron chi connectivity index (χ4n) is 3.10. The number of nitrogens with two attached hydrogens (primary N) is 1. The molecule has 21 heavy (non-hydrogen) atoms. The molecule has 0 aromatic heterocycles. The lowest BCUT2D eigenvalue weighted by atomic mass is 9.85. The number of methoxy groups -OCH3 is 1. The number of ether oxygens (including phenoxy) is 1. The average molecular weight is 292 g/mol. The molecule has 3 N–H and O–H groups in total. The molecule has 0 aliphatic heterocycles. The number of carboxylic acids is 1. The third kappa shape index (κ3) is 3.29. The topological polar surface area (TPSA) is 75.8 Å². The molecule has 0 heterocycles. The number of benzene rings is 1. The van der Waals surface area contributed by atoms with Gasteiger partial charge in [0, 0.05) is 19.3 Å². The quantitative estimate of drug-likeness (QED) is 0.840. The Morgan fingerprint density at radius 3 is 2.71 bits per heavy atom. The van der Waals surface area contributed by atoms with Crippen LogP contribution in [0, 0.1) is 5.92 Å². The number of carbonyl (C=O) groups is 1. The highest BCUT2D eigenvalue weighted by Crippen LogP contribution is 2.36. The molecule has 0 spiro atoms. The summed E-state index contributed by atoms with van der Waals surface area (Å²) in [5, 5.41) is 9.33. The van der Waals surface area contributed by atoms with Gasteiger partial charge in [-0.05, 0) is 49.4 Å². The highest BCUT2D eigenvalue weighted by atomic mass is 16.5. The van der Waals surface area contributed by atoms with Gasteiger partial charge in [-0.3, -0.25) is 4.79 Å². The number of nitrogens with zero attached hydrogens (tertiary/aromatic N) is 1. The van der Waals surface area contributed by atoms with Crippen molar-refractivity contribution < 1.29 is 14.6 Å². The van der Waals surface area contributed by atoms with Crippen molar-refractivity contribution in [2.75, 3.05) is 25.6 Å². The summed E-state index contributed by atoms with van der Waals surface area (Å²) in [6, 6.07) is 7.85. The van der Waals surface area contributed by atoms with Crippen LogP contribution in [0.4, 0.5) is 5.69 Å². The first kappa shape index (κ1) is 15.6. The van der Waals surface area contributed by atoms with Gasteiger partial charge in [0.05, 0.1) is 7.11 Å². The minimum atomic E-state index is -1.04. The van der Waals surface area contributed by atoms with Crippen molar-refractivity contribution >= 4 is 11.7 Å². The molecule has 1 aliphatic carbocycles. The van der Waals surface area contributed by atoms with Crippen molar-refractivity contribution in [1.82, 2.24) is 0 Å². The Balaban J connectivity index is 1.94. The molecule has 116 valence electrons. The van der Waals surface area contributed by atoms with Gasteiger partial charge in [0.2, 0.25) is 0 Å². The smallest absolute Gasteiger partial charge is 0.323 e. The van der Waals surface area contributed by atoms with E-state index < -0.39 is 11.5 Å². The zero-order valence-electron chi connectivity index (χ0n) is 12.7. The lowest BCUT2D eigenvalue weighted by Gasteiger charge is -2.29. The van der Waals surface area contributed by atoms with Crippen LogP contribution in [0.2, 0.25) is 0 Å².